The van der Waals surface area contributed by atoms with Crippen molar-refractivity contribution in [1.82, 2.24) is 4.90 Å². The van der Waals surface area contributed by atoms with Crippen molar-refractivity contribution in [3.05, 3.63) is 12.7 Å². The molecule has 0 rings (SSSR count). The highest BCUT2D eigenvalue weighted by Gasteiger charge is 2.15. The Kier molecular flexibility index (Phi) is 6.37. The van der Waals surface area contributed by atoms with Gasteiger partial charge in [-0.25, -0.2) is 0 Å². The van der Waals surface area contributed by atoms with E-state index in [1.165, 1.54) is 11.0 Å². The van der Waals surface area contributed by atoms with E-state index in [0.717, 1.165) is 0 Å². The Hall–Kier alpha value is -1.36. The zero-order chi connectivity index (χ0) is 11.8. The van der Waals surface area contributed by atoms with E-state index >= 15 is 0 Å². The number of hydrogen-bond acceptors (Lipinski definition) is 3. The van der Waals surface area contributed by atoms with Crippen molar-refractivity contribution in [2.45, 2.75) is 20.0 Å². The number of amides is 1. The maximum atomic E-state index is 11.5. The van der Waals surface area contributed by atoms with Crippen LogP contribution in [-0.4, -0.2) is 47.7 Å². The van der Waals surface area contributed by atoms with E-state index in [1.54, 1.807) is 0 Å². The van der Waals surface area contributed by atoms with Gasteiger partial charge in [-0.2, -0.15) is 0 Å². The highest BCUT2D eigenvalue weighted by molar-refractivity contribution is 5.82. The van der Waals surface area contributed by atoms with Crippen LogP contribution in [0.25, 0.3) is 0 Å². The molecule has 0 aliphatic rings. The first-order chi connectivity index (χ1) is 6.97. The van der Waals surface area contributed by atoms with E-state index in [4.69, 9.17) is 9.84 Å². The largest absolute Gasteiger partial charge is 0.480 e. The van der Waals surface area contributed by atoms with E-state index in [0.29, 0.717) is 0 Å². The summed E-state index contributed by atoms with van der Waals surface area (Å²) in [4.78, 5) is 23.1. The van der Waals surface area contributed by atoms with Crippen molar-refractivity contribution >= 4 is 11.9 Å². The van der Waals surface area contributed by atoms with Gasteiger partial charge >= 0.3 is 5.97 Å². The normalized spacial score (nSPS) is 10.1. The number of rotatable bonds is 7. The summed E-state index contributed by atoms with van der Waals surface area (Å²) in [5, 5.41) is 8.57. The lowest BCUT2D eigenvalue weighted by molar-refractivity contribution is -0.146. The standard InChI is InChI=1S/C10H17NO4/c1-4-5-11(6-10(13)14)9(12)7-15-8(2)3/h4,8H,1,5-7H2,2-3H3,(H,13,14). The molecule has 0 saturated carbocycles. The molecule has 0 atom stereocenters. The summed E-state index contributed by atoms with van der Waals surface area (Å²) in [7, 11) is 0. The Morgan fingerprint density at radius 1 is 1.53 bits per heavy atom. The maximum absolute atomic E-state index is 11.5. The van der Waals surface area contributed by atoms with E-state index in [2.05, 4.69) is 6.58 Å². The van der Waals surface area contributed by atoms with E-state index in [9.17, 15) is 9.59 Å². The molecule has 15 heavy (non-hydrogen) atoms. The number of carboxylic acids is 1. The van der Waals surface area contributed by atoms with Gasteiger partial charge in [0.05, 0.1) is 6.10 Å². The molecule has 0 aromatic rings. The summed E-state index contributed by atoms with van der Waals surface area (Å²) in [6.45, 7) is 6.86. The van der Waals surface area contributed by atoms with Gasteiger partial charge in [0.2, 0.25) is 5.91 Å². The van der Waals surface area contributed by atoms with Crippen molar-refractivity contribution in [3.8, 4) is 0 Å². The van der Waals surface area contributed by atoms with Crippen LogP contribution in [0.2, 0.25) is 0 Å². The van der Waals surface area contributed by atoms with Gasteiger partial charge in [-0.05, 0) is 13.8 Å². The third kappa shape index (κ3) is 6.68. The molecular formula is C10H17NO4. The molecular weight excluding hydrogens is 198 g/mol. The molecule has 0 heterocycles. The zero-order valence-electron chi connectivity index (χ0n) is 9.10. The third-order valence-electron chi connectivity index (χ3n) is 1.57. The Bertz CT molecular complexity index is 238. The Morgan fingerprint density at radius 3 is 2.53 bits per heavy atom. The van der Waals surface area contributed by atoms with Crippen LogP contribution in [0, 0.1) is 0 Å². The van der Waals surface area contributed by atoms with Crippen molar-refractivity contribution in [3.63, 3.8) is 0 Å². The van der Waals surface area contributed by atoms with Crippen molar-refractivity contribution < 1.29 is 19.4 Å². The topological polar surface area (TPSA) is 66.8 Å². The molecule has 86 valence electrons. The van der Waals surface area contributed by atoms with Gasteiger partial charge in [0.1, 0.15) is 13.2 Å². The van der Waals surface area contributed by atoms with Gasteiger partial charge in [-0.1, -0.05) is 6.08 Å². The van der Waals surface area contributed by atoms with Crippen LogP contribution in [0.15, 0.2) is 12.7 Å². The molecule has 0 aromatic heterocycles. The molecule has 0 aliphatic carbocycles. The van der Waals surface area contributed by atoms with Crippen LogP contribution in [-0.2, 0) is 14.3 Å². The SMILES string of the molecule is C=CCN(CC(=O)O)C(=O)COC(C)C. The van der Waals surface area contributed by atoms with E-state index in [1.807, 2.05) is 13.8 Å². The maximum Gasteiger partial charge on any atom is 0.323 e. The van der Waals surface area contributed by atoms with Gasteiger partial charge < -0.3 is 14.7 Å². The van der Waals surface area contributed by atoms with Crippen LogP contribution in [0.4, 0.5) is 0 Å². The van der Waals surface area contributed by atoms with Crippen LogP contribution in [0.3, 0.4) is 0 Å². The summed E-state index contributed by atoms with van der Waals surface area (Å²) in [6, 6.07) is 0. The first-order valence-corrected chi connectivity index (χ1v) is 4.69. The van der Waals surface area contributed by atoms with Crippen molar-refractivity contribution in [1.29, 1.82) is 0 Å². The average Bonchev–Trinajstić information content (AvgIpc) is 2.12. The van der Waals surface area contributed by atoms with Crippen molar-refractivity contribution in [2.24, 2.45) is 0 Å². The molecule has 1 amide bonds. The van der Waals surface area contributed by atoms with Crippen LogP contribution in [0.1, 0.15) is 13.8 Å². The molecule has 0 saturated heterocycles. The summed E-state index contributed by atoms with van der Waals surface area (Å²) in [5.74, 6) is -1.39. The Balaban J connectivity index is 4.15. The Labute approximate surface area is 89.3 Å². The summed E-state index contributed by atoms with van der Waals surface area (Å²) in [6.07, 6.45) is 1.43. The summed E-state index contributed by atoms with van der Waals surface area (Å²) >= 11 is 0. The number of carbonyl (C=O) groups excluding carboxylic acids is 1. The quantitative estimate of drug-likeness (QED) is 0.628. The lowest BCUT2D eigenvalue weighted by Crippen LogP contribution is -2.38. The monoisotopic (exact) mass is 215 g/mol. The van der Waals surface area contributed by atoms with Gasteiger partial charge in [0.25, 0.3) is 0 Å². The summed E-state index contributed by atoms with van der Waals surface area (Å²) < 4.78 is 5.09. The van der Waals surface area contributed by atoms with Gasteiger partial charge in [0, 0.05) is 6.54 Å². The predicted octanol–water partition coefficient (Wildman–Crippen LogP) is 0.511. The third-order valence-corrected chi connectivity index (χ3v) is 1.57. The second kappa shape index (κ2) is 7.00. The number of aliphatic carboxylic acids is 1. The summed E-state index contributed by atoms with van der Waals surface area (Å²) in [5.41, 5.74) is 0. The minimum atomic E-state index is -1.05. The fourth-order valence-electron chi connectivity index (χ4n) is 0.903. The average molecular weight is 215 g/mol. The fourth-order valence-corrected chi connectivity index (χ4v) is 0.903. The lowest BCUT2D eigenvalue weighted by Gasteiger charge is -2.19. The highest BCUT2D eigenvalue weighted by Crippen LogP contribution is 1.94. The molecule has 5 heteroatoms. The second-order valence-corrected chi connectivity index (χ2v) is 3.32. The molecule has 0 fully saturated rings. The van der Waals surface area contributed by atoms with E-state index in [-0.39, 0.29) is 31.7 Å². The first-order valence-electron chi connectivity index (χ1n) is 4.69. The number of ether oxygens (including phenoxy) is 1. The molecule has 0 aromatic carbocycles. The van der Waals surface area contributed by atoms with Gasteiger partial charge in [-0.3, -0.25) is 9.59 Å². The smallest absolute Gasteiger partial charge is 0.323 e. The molecule has 0 unspecified atom stereocenters. The molecule has 0 radical (unpaired) electrons. The minimum Gasteiger partial charge on any atom is -0.480 e. The first kappa shape index (κ1) is 13.6. The predicted molar refractivity (Wildman–Crippen MR) is 55.5 cm³/mol. The van der Waals surface area contributed by atoms with Crippen LogP contribution in [0.5, 0.6) is 0 Å². The minimum absolute atomic E-state index is 0.0515. The Morgan fingerprint density at radius 2 is 2.13 bits per heavy atom. The molecule has 5 nitrogen and oxygen atoms in total. The van der Waals surface area contributed by atoms with Gasteiger partial charge in [-0.15, -0.1) is 6.58 Å². The zero-order valence-corrected chi connectivity index (χ0v) is 9.10. The fraction of sp³-hybridized carbons (Fsp3) is 0.600. The number of nitrogens with zero attached hydrogens (tertiary/aromatic N) is 1. The number of carboxylic acid groups (broad SMARTS) is 1. The number of carbonyl (C=O) groups is 2. The lowest BCUT2D eigenvalue weighted by atomic mass is 10.4. The molecule has 1 N–H and O–H groups in total. The van der Waals surface area contributed by atoms with Crippen LogP contribution >= 0.6 is 0 Å². The number of hydrogen-bond donors (Lipinski definition) is 1. The highest BCUT2D eigenvalue weighted by atomic mass is 16.5. The van der Waals surface area contributed by atoms with Gasteiger partial charge in [0.15, 0.2) is 0 Å². The molecule has 0 spiro atoms. The van der Waals surface area contributed by atoms with Crippen molar-refractivity contribution in [2.75, 3.05) is 19.7 Å². The second-order valence-electron chi connectivity index (χ2n) is 3.32. The molecule has 0 aliphatic heterocycles. The molecule has 0 bridgehead atoms. The van der Waals surface area contributed by atoms with E-state index < -0.39 is 5.97 Å². The van der Waals surface area contributed by atoms with Crippen LogP contribution < -0.4 is 0 Å².